The Morgan fingerprint density at radius 2 is 1.40 bits per heavy atom. The Kier molecular flexibility index (Phi) is 13.7. The van der Waals surface area contributed by atoms with Crippen LogP contribution in [-0.2, 0) is 57.2 Å². The van der Waals surface area contributed by atoms with Crippen LogP contribution < -0.4 is 5.32 Å². The molecule has 4 aliphatic rings. The number of rotatable bonds is 13. The third-order valence-corrected chi connectivity index (χ3v) is 14.1. The second kappa shape index (κ2) is 18.8. The van der Waals surface area contributed by atoms with Gasteiger partial charge in [0.25, 0.3) is 5.91 Å². The SMILES string of the molecule is CC(=O)CC(=O)O[C@@H](C(=O)O[C@H]1C[C@@]2(O)[C@@H](OC(=O)c3ccccc3)C3[C@](C)(C(=O)[C@H](OC(C)=O)C(=C1C)C2(C)C)[C@@H](O)C[C@H]1OC[C@@]31OC(C)=O)[C@@H](NC(=O)c1ccccc1)c1ccccc1. The van der Waals surface area contributed by atoms with Crippen LogP contribution in [0.25, 0.3) is 0 Å². The Morgan fingerprint density at radius 3 is 1.94 bits per heavy atom. The Morgan fingerprint density at radius 1 is 0.809 bits per heavy atom. The third-order valence-electron chi connectivity index (χ3n) is 14.1. The number of nitrogens with one attached hydrogen (secondary N) is 1. The van der Waals surface area contributed by atoms with Crippen LogP contribution in [0.3, 0.4) is 0 Å². The first kappa shape index (κ1) is 49.3. The Labute approximate surface area is 392 Å². The minimum atomic E-state index is -2.48. The summed E-state index contributed by atoms with van der Waals surface area (Å²) in [5.41, 5.74) is -7.60. The lowest BCUT2D eigenvalue weighted by atomic mass is 9.44. The highest BCUT2D eigenvalue weighted by Gasteiger charge is 2.78. The molecule has 1 heterocycles. The number of esters is 5. The van der Waals surface area contributed by atoms with Crippen LogP contribution in [0, 0.1) is 16.7 Å². The zero-order valence-corrected chi connectivity index (χ0v) is 38.7. The smallest absolute Gasteiger partial charge is 0.350 e. The molecule has 360 valence electrons. The van der Waals surface area contributed by atoms with E-state index in [1.807, 2.05) is 0 Å². The highest BCUT2D eigenvalue weighted by Crippen LogP contribution is 2.64. The van der Waals surface area contributed by atoms with Crippen LogP contribution in [0.5, 0.6) is 0 Å². The number of aliphatic hydroxyl groups is 2. The van der Waals surface area contributed by atoms with Gasteiger partial charge in [-0.3, -0.25) is 28.8 Å². The number of fused-ring (bicyclic) bond motifs is 5. The molecule has 0 aromatic heterocycles. The summed E-state index contributed by atoms with van der Waals surface area (Å²) in [6, 6.07) is 22.4. The van der Waals surface area contributed by atoms with Gasteiger partial charge in [-0.15, -0.1) is 0 Å². The molecule has 3 aromatic carbocycles. The van der Waals surface area contributed by atoms with Gasteiger partial charge in [-0.05, 0) is 61.7 Å². The Bertz CT molecular complexity index is 2530. The number of benzene rings is 3. The molecule has 1 amide bonds. The van der Waals surface area contributed by atoms with Crippen molar-refractivity contribution in [2.75, 3.05) is 6.61 Å². The second-order valence-electron chi connectivity index (χ2n) is 18.7. The summed E-state index contributed by atoms with van der Waals surface area (Å²) in [6.07, 6.45) is -11.7. The molecule has 1 unspecified atom stereocenters. The standard InChI is InChI=1S/C51H55NO16/c1-27(53)23-37(57)66-41(39(31-17-11-8-12-18-31)52-45(59)32-19-13-9-14-20-32)47(61)65-34-25-51(62)44(67-46(60)33-21-15-10-16-22-33)42-49(7,35(56)24-36-50(42,26-63-36)68-30(4)55)43(58)40(64-29(3)54)38(28(34)2)48(51,5)6/h8-22,34-36,39-42,44,56,62H,23-26H2,1-7H3,(H,52,59)/t34-,35-,36+,39-,40+,41+,42?,44-,49+,50-,51+/m0/s1. The molecule has 1 saturated heterocycles. The van der Waals surface area contributed by atoms with E-state index in [0.717, 1.165) is 20.8 Å². The van der Waals surface area contributed by atoms with Crippen molar-refractivity contribution in [3.8, 4) is 0 Å². The maximum atomic E-state index is 15.6. The van der Waals surface area contributed by atoms with Crippen LogP contribution >= 0.6 is 0 Å². The summed E-state index contributed by atoms with van der Waals surface area (Å²) >= 11 is 0. The molecule has 3 fully saturated rings. The first-order chi connectivity index (χ1) is 32.1. The van der Waals surface area contributed by atoms with Crippen molar-refractivity contribution in [1.29, 1.82) is 0 Å². The van der Waals surface area contributed by atoms with E-state index in [9.17, 15) is 39.0 Å². The molecule has 2 saturated carbocycles. The van der Waals surface area contributed by atoms with Crippen molar-refractivity contribution in [1.82, 2.24) is 5.32 Å². The molecule has 3 aromatic rings. The number of ketones is 2. The zero-order valence-electron chi connectivity index (χ0n) is 38.7. The zero-order chi connectivity index (χ0) is 49.5. The van der Waals surface area contributed by atoms with Gasteiger partial charge in [-0.1, -0.05) is 80.6 Å². The van der Waals surface area contributed by atoms with Crippen molar-refractivity contribution in [3.05, 3.63) is 119 Å². The minimum absolute atomic E-state index is 0.0338. The molecule has 7 rings (SSSR count). The van der Waals surface area contributed by atoms with Gasteiger partial charge in [0.1, 0.15) is 42.2 Å². The Hall–Kier alpha value is -6.56. The molecule has 0 spiro atoms. The largest absolute Gasteiger partial charge is 0.455 e. The lowest BCUT2D eigenvalue weighted by Crippen LogP contribution is -2.82. The number of Topliss-reactive ketones (excluding diaryl/α,β-unsaturated/α-hetero) is 2. The van der Waals surface area contributed by atoms with E-state index < -0.39 is 131 Å². The van der Waals surface area contributed by atoms with Gasteiger partial charge in [-0.25, -0.2) is 9.59 Å². The molecule has 3 aliphatic carbocycles. The summed E-state index contributed by atoms with van der Waals surface area (Å²) in [5, 5.41) is 28.8. The van der Waals surface area contributed by atoms with Crippen molar-refractivity contribution in [2.24, 2.45) is 16.7 Å². The number of carbonyl (C=O) groups excluding carboxylic acids is 8. The first-order valence-corrected chi connectivity index (χ1v) is 22.3. The van der Waals surface area contributed by atoms with Gasteiger partial charge >= 0.3 is 29.8 Å². The van der Waals surface area contributed by atoms with Crippen molar-refractivity contribution < 1.29 is 77.0 Å². The predicted molar refractivity (Wildman–Crippen MR) is 237 cm³/mol. The number of amides is 1. The van der Waals surface area contributed by atoms with E-state index in [4.69, 9.17) is 28.4 Å². The van der Waals surface area contributed by atoms with Crippen LogP contribution in [0.2, 0.25) is 0 Å². The van der Waals surface area contributed by atoms with E-state index in [-0.39, 0.29) is 40.9 Å². The van der Waals surface area contributed by atoms with Crippen LogP contribution in [0.1, 0.15) is 100 Å². The van der Waals surface area contributed by atoms with E-state index in [0.29, 0.717) is 0 Å². The minimum Gasteiger partial charge on any atom is -0.455 e. The molecule has 11 atom stereocenters. The summed E-state index contributed by atoms with van der Waals surface area (Å²) in [5.74, 6) is -8.90. The van der Waals surface area contributed by atoms with Crippen LogP contribution in [0.4, 0.5) is 0 Å². The first-order valence-electron chi connectivity index (χ1n) is 22.3. The fourth-order valence-electron chi connectivity index (χ4n) is 10.7. The van der Waals surface area contributed by atoms with Crippen molar-refractivity contribution in [2.45, 2.75) is 122 Å². The summed E-state index contributed by atoms with van der Waals surface area (Å²) in [4.78, 5) is 111. The van der Waals surface area contributed by atoms with Crippen LogP contribution in [0.15, 0.2) is 102 Å². The van der Waals surface area contributed by atoms with Gasteiger partial charge in [-0.2, -0.15) is 0 Å². The predicted octanol–water partition coefficient (Wildman–Crippen LogP) is 4.27. The van der Waals surface area contributed by atoms with Crippen molar-refractivity contribution >= 4 is 47.3 Å². The molecule has 2 bridgehead atoms. The average molecular weight is 938 g/mol. The topological polar surface area (TPSA) is 244 Å². The normalized spacial score (nSPS) is 29.9. The molecule has 17 heteroatoms. The lowest BCUT2D eigenvalue weighted by Gasteiger charge is -2.67. The van der Waals surface area contributed by atoms with E-state index in [1.54, 1.807) is 66.7 Å². The quantitative estimate of drug-likeness (QED) is 0.0938. The Balaban J connectivity index is 1.43. The molecular formula is C51H55NO16. The fraction of sp³-hybridized carbons (Fsp3) is 0.451. The summed E-state index contributed by atoms with van der Waals surface area (Å²) in [6.45, 7) is 8.91. The molecule has 68 heavy (non-hydrogen) atoms. The van der Waals surface area contributed by atoms with Gasteiger partial charge in [0.15, 0.2) is 17.5 Å². The monoisotopic (exact) mass is 937 g/mol. The van der Waals surface area contributed by atoms with Gasteiger partial charge in [0.05, 0.1) is 29.6 Å². The number of ether oxygens (including phenoxy) is 6. The molecular weight excluding hydrogens is 883 g/mol. The van der Waals surface area contributed by atoms with E-state index in [2.05, 4.69) is 5.32 Å². The van der Waals surface area contributed by atoms with E-state index in [1.165, 1.54) is 52.0 Å². The number of hydrogen-bond donors (Lipinski definition) is 3. The maximum Gasteiger partial charge on any atom is 0.350 e. The molecule has 3 N–H and O–H groups in total. The number of aliphatic hydroxyl groups excluding tert-OH is 1. The highest BCUT2D eigenvalue weighted by molar-refractivity contribution is 5.97. The number of hydrogen-bond acceptors (Lipinski definition) is 16. The molecule has 1 aliphatic heterocycles. The van der Waals surface area contributed by atoms with Crippen LogP contribution in [-0.4, -0.2) is 112 Å². The van der Waals surface area contributed by atoms with Crippen molar-refractivity contribution in [3.63, 3.8) is 0 Å². The fourth-order valence-corrected chi connectivity index (χ4v) is 10.7. The highest BCUT2D eigenvalue weighted by atomic mass is 16.6. The van der Waals surface area contributed by atoms with Gasteiger partial charge < -0.3 is 44.0 Å². The summed E-state index contributed by atoms with van der Waals surface area (Å²) in [7, 11) is 0. The van der Waals surface area contributed by atoms with E-state index >= 15 is 9.59 Å². The lowest BCUT2D eigenvalue weighted by molar-refractivity contribution is -0.346. The third kappa shape index (κ3) is 8.74. The summed E-state index contributed by atoms with van der Waals surface area (Å²) < 4.78 is 36.3. The molecule has 0 radical (unpaired) electrons. The second-order valence-corrected chi connectivity index (χ2v) is 18.7. The number of carbonyl (C=O) groups is 8. The maximum absolute atomic E-state index is 15.6. The van der Waals surface area contributed by atoms with Gasteiger partial charge in [0.2, 0.25) is 6.10 Å². The molecule has 17 nitrogen and oxygen atoms in total. The van der Waals surface area contributed by atoms with Gasteiger partial charge in [0, 0.05) is 37.7 Å². The average Bonchev–Trinajstić information content (AvgIpc) is 3.28.